The van der Waals surface area contributed by atoms with Gasteiger partial charge in [-0.1, -0.05) is 12.1 Å². The molecule has 0 fully saturated rings. The maximum atomic E-state index is 10.6. The van der Waals surface area contributed by atoms with Crippen molar-refractivity contribution in [3.8, 4) is 0 Å². The molecule has 0 bridgehead atoms. The standard InChI is InChI=1S/C9H12N2O2/c1-6-3-4-8(7(2)10)5-9(6)11(12)13/h3-5,7H,10H2,1-2H3. The molecular weight excluding hydrogens is 168 g/mol. The molecule has 0 aliphatic carbocycles. The van der Waals surface area contributed by atoms with Gasteiger partial charge in [-0.3, -0.25) is 10.1 Å². The minimum absolute atomic E-state index is 0.134. The van der Waals surface area contributed by atoms with Crippen molar-refractivity contribution >= 4 is 5.69 Å². The third-order valence-electron chi connectivity index (χ3n) is 1.96. The van der Waals surface area contributed by atoms with Crippen LogP contribution in [0.5, 0.6) is 0 Å². The zero-order valence-corrected chi connectivity index (χ0v) is 7.65. The van der Waals surface area contributed by atoms with Crippen LogP contribution < -0.4 is 5.73 Å². The molecule has 70 valence electrons. The zero-order valence-electron chi connectivity index (χ0n) is 7.65. The molecule has 0 radical (unpaired) electrons. The molecule has 0 saturated carbocycles. The lowest BCUT2D eigenvalue weighted by molar-refractivity contribution is -0.385. The van der Waals surface area contributed by atoms with Gasteiger partial charge in [0.1, 0.15) is 0 Å². The summed E-state index contributed by atoms with van der Waals surface area (Å²) in [4.78, 5) is 10.2. The first kappa shape index (κ1) is 9.67. The van der Waals surface area contributed by atoms with Gasteiger partial charge in [-0.2, -0.15) is 0 Å². The van der Waals surface area contributed by atoms with Crippen molar-refractivity contribution in [3.63, 3.8) is 0 Å². The molecular formula is C9H12N2O2. The quantitative estimate of drug-likeness (QED) is 0.558. The Bertz CT molecular complexity index is 334. The van der Waals surface area contributed by atoms with E-state index in [1.807, 2.05) is 6.07 Å². The lowest BCUT2D eigenvalue weighted by atomic mass is 10.1. The summed E-state index contributed by atoms with van der Waals surface area (Å²) in [5.74, 6) is 0. The molecule has 1 aromatic carbocycles. The van der Waals surface area contributed by atoms with Gasteiger partial charge in [-0.25, -0.2) is 0 Å². The average molecular weight is 180 g/mol. The normalized spacial score (nSPS) is 12.5. The first-order chi connectivity index (χ1) is 6.02. The van der Waals surface area contributed by atoms with E-state index < -0.39 is 0 Å². The Morgan fingerprint density at radius 3 is 2.62 bits per heavy atom. The van der Waals surface area contributed by atoms with Crippen molar-refractivity contribution < 1.29 is 4.92 Å². The summed E-state index contributed by atoms with van der Waals surface area (Å²) in [6.45, 7) is 3.51. The molecule has 0 spiro atoms. The van der Waals surface area contributed by atoms with Gasteiger partial charge in [0.25, 0.3) is 5.69 Å². The summed E-state index contributed by atoms with van der Waals surface area (Å²) in [5.41, 5.74) is 7.19. The van der Waals surface area contributed by atoms with Crippen LogP contribution in [0.4, 0.5) is 5.69 Å². The lowest BCUT2D eigenvalue weighted by Gasteiger charge is -2.05. The zero-order chi connectivity index (χ0) is 10.0. The van der Waals surface area contributed by atoms with E-state index in [4.69, 9.17) is 5.73 Å². The van der Waals surface area contributed by atoms with Gasteiger partial charge in [-0.15, -0.1) is 0 Å². The van der Waals surface area contributed by atoms with E-state index in [-0.39, 0.29) is 16.7 Å². The second kappa shape index (κ2) is 3.53. The summed E-state index contributed by atoms with van der Waals surface area (Å²) in [6, 6.07) is 4.89. The highest BCUT2D eigenvalue weighted by Gasteiger charge is 2.11. The van der Waals surface area contributed by atoms with Crippen LogP contribution in [0, 0.1) is 17.0 Å². The molecule has 0 aliphatic rings. The maximum Gasteiger partial charge on any atom is 0.272 e. The summed E-state index contributed by atoms with van der Waals surface area (Å²) in [7, 11) is 0. The van der Waals surface area contributed by atoms with Crippen LogP contribution in [0.25, 0.3) is 0 Å². The van der Waals surface area contributed by atoms with Crippen LogP contribution in [-0.4, -0.2) is 4.92 Å². The first-order valence-corrected chi connectivity index (χ1v) is 4.03. The molecule has 1 aromatic rings. The summed E-state index contributed by atoms with van der Waals surface area (Å²) in [5, 5.41) is 10.6. The summed E-state index contributed by atoms with van der Waals surface area (Å²) in [6.07, 6.45) is 0. The molecule has 0 saturated heterocycles. The number of nitrogens with two attached hydrogens (primary N) is 1. The van der Waals surface area contributed by atoms with E-state index in [0.717, 1.165) is 5.56 Å². The van der Waals surface area contributed by atoms with Gasteiger partial charge in [0.2, 0.25) is 0 Å². The largest absolute Gasteiger partial charge is 0.324 e. The number of nitro groups is 1. The van der Waals surface area contributed by atoms with Gasteiger partial charge < -0.3 is 5.73 Å². The van der Waals surface area contributed by atoms with Crippen molar-refractivity contribution in [1.82, 2.24) is 0 Å². The van der Waals surface area contributed by atoms with E-state index in [0.29, 0.717) is 5.56 Å². The van der Waals surface area contributed by atoms with Gasteiger partial charge >= 0.3 is 0 Å². The smallest absolute Gasteiger partial charge is 0.272 e. The molecule has 1 rings (SSSR count). The fourth-order valence-electron chi connectivity index (χ4n) is 1.11. The number of rotatable bonds is 2. The van der Waals surface area contributed by atoms with E-state index >= 15 is 0 Å². The van der Waals surface area contributed by atoms with Crippen molar-refractivity contribution in [2.24, 2.45) is 5.73 Å². The van der Waals surface area contributed by atoms with E-state index in [1.54, 1.807) is 19.9 Å². The Morgan fingerprint density at radius 2 is 2.15 bits per heavy atom. The van der Waals surface area contributed by atoms with Crippen LogP contribution in [-0.2, 0) is 0 Å². The second-order valence-electron chi connectivity index (χ2n) is 3.09. The predicted molar refractivity (Wildman–Crippen MR) is 50.4 cm³/mol. The minimum Gasteiger partial charge on any atom is -0.324 e. The van der Waals surface area contributed by atoms with E-state index in [1.165, 1.54) is 6.07 Å². The van der Waals surface area contributed by atoms with Crippen LogP contribution in [0.3, 0.4) is 0 Å². The Labute approximate surface area is 76.5 Å². The van der Waals surface area contributed by atoms with Crippen LogP contribution in [0.2, 0.25) is 0 Å². The number of benzene rings is 1. The Balaban J connectivity index is 3.19. The van der Waals surface area contributed by atoms with E-state index in [9.17, 15) is 10.1 Å². The number of nitrogens with zero attached hydrogens (tertiary/aromatic N) is 1. The van der Waals surface area contributed by atoms with Crippen LogP contribution >= 0.6 is 0 Å². The average Bonchev–Trinajstić information content (AvgIpc) is 2.04. The number of nitro benzene ring substituents is 1. The lowest BCUT2D eigenvalue weighted by Crippen LogP contribution is -2.05. The third-order valence-corrected chi connectivity index (χ3v) is 1.96. The van der Waals surface area contributed by atoms with Gasteiger partial charge in [-0.05, 0) is 19.4 Å². The third kappa shape index (κ3) is 2.03. The van der Waals surface area contributed by atoms with Crippen molar-refractivity contribution in [1.29, 1.82) is 0 Å². The summed E-state index contributed by atoms with van der Waals surface area (Å²) >= 11 is 0. The molecule has 4 nitrogen and oxygen atoms in total. The number of hydrogen-bond acceptors (Lipinski definition) is 3. The predicted octanol–water partition coefficient (Wildman–Crippen LogP) is 1.92. The highest BCUT2D eigenvalue weighted by Crippen LogP contribution is 2.21. The monoisotopic (exact) mass is 180 g/mol. The second-order valence-corrected chi connectivity index (χ2v) is 3.09. The topological polar surface area (TPSA) is 69.2 Å². The van der Waals surface area contributed by atoms with Crippen LogP contribution in [0.1, 0.15) is 24.1 Å². The molecule has 1 atom stereocenters. The molecule has 2 N–H and O–H groups in total. The Morgan fingerprint density at radius 1 is 1.54 bits per heavy atom. The van der Waals surface area contributed by atoms with Crippen molar-refractivity contribution in [3.05, 3.63) is 39.4 Å². The molecule has 1 unspecified atom stereocenters. The van der Waals surface area contributed by atoms with Crippen molar-refractivity contribution in [2.75, 3.05) is 0 Å². The molecule has 0 heterocycles. The molecule has 0 aliphatic heterocycles. The molecule has 0 aromatic heterocycles. The SMILES string of the molecule is Cc1ccc(C(C)N)cc1[N+](=O)[O-]. The highest BCUT2D eigenvalue weighted by atomic mass is 16.6. The fraction of sp³-hybridized carbons (Fsp3) is 0.333. The van der Waals surface area contributed by atoms with Crippen molar-refractivity contribution in [2.45, 2.75) is 19.9 Å². The first-order valence-electron chi connectivity index (χ1n) is 4.03. The molecule has 4 heteroatoms. The van der Waals surface area contributed by atoms with Crippen LogP contribution in [0.15, 0.2) is 18.2 Å². The number of hydrogen-bond donors (Lipinski definition) is 1. The summed E-state index contributed by atoms with van der Waals surface area (Å²) < 4.78 is 0. The highest BCUT2D eigenvalue weighted by molar-refractivity contribution is 5.43. The Kier molecular flexibility index (Phi) is 2.63. The van der Waals surface area contributed by atoms with E-state index in [2.05, 4.69) is 0 Å². The van der Waals surface area contributed by atoms with Gasteiger partial charge in [0, 0.05) is 17.7 Å². The fourth-order valence-corrected chi connectivity index (χ4v) is 1.11. The molecule has 0 amide bonds. The Hall–Kier alpha value is -1.42. The van der Waals surface area contributed by atoms with Gasteiger partial charge in [0.15, 0.2) is 0 Å². The van der Waals surface area contributed by atoms with Gasteiger partial charge in [0.05, 0.1) is 4.92 Å². The maximum absolute atomic E-state index is 10.6. The minimum atomic E-state index is -0.388. The molecule has 13 heavy (non-hydrogen) atoms. The number of aryl methyl sites for hydroxylation is 1.